The summed E-state index contributed by atoms with van der Waals surface area (Å²) >= 11 is 1.64. The van der Waals surface area contributed by atoms with Gasteiger partial charge in [0, 0.05) is 30.6 Å². The van der Waals surface area contributed by atoms with E-state index in [2.05, 4.69) is 13.2 Å². The van der Waals surface area contributed by atoms with Gasteiger partial charge >= 0.3 is 0 Å². The summed E-state index contributed by atoms with van der Waals surface area (Å²) in [4.78, 5) is 49.1. The van der Waals surface area contributed by atoms with E-state index in [4.69, 9.17) is 4.74 Å². The van der Waals surface area contributed by atoms with E-state index in [9.17, 15) is 19.5 Å². The van der Waals surface area contributed by atoms with Crippen molar-refractivity contribution in [2.24, 2.45) is 17.8 Å². The van der Waals surface area contributed by atoms with Crippen molar-refractivity contribution in [1.29, 1.82) is 0 Å². The molecular weight excluding hydrogens is 586 g/mol. The molecule has 3 saturated heterocycles. The van der Waals surface area contributed by atoms with Crippen molar-refractivity contribution >= 4 is 35.2 Å². The molecule has 0 radical (unpaired) electrons. The van der Waals surface area contributed by atoms with Crippen LogP contribution in [0.15, 0.2) is 79.9 Å². The van der Waals surface area contributed by atoms with Gasteiger partial charge in [0.2, 0.25) is 17.7 Å². The van der Waals surface area contributed by atoms with Crippen LogP contribution in [0.4, 0.5) is 5.69 Å². The molecule has 0 aromatic heterocycles. The van der Waals surface area contributed by atoms with Crippen molar-refractivity contribution in [2.75, 3.05) is 31.2 Å². The summed E-state index contributed by atoms with van der Waals surface area (Å²) in [6, 6.07) is 15.8. The molecule has 6 atom stereocenters. The molecule has 240 valence electrons. The molecule has 1 N–H and O–H groups in total. The van der Waals surface area contributed by atoms with E-state index in [0.29, 0.717) is 37.6 Å². The summed E-state index contributed by atoms with van der Waals surface area (Å²) in [6.07, 6.45) is 4.79. The Labute approximate surface area is 271 Å². The van der Waals surface area contributed by atoms with Crippen LogP contribution in [0.2, 0.25) is 0 Å². The van der Waals surface area contributed by atoms with Gasteiger partial charge in [0.05, 0.1) is 35.8 Å². The Kier molecular flexibility index (Phi) is 10.1. The summed E-state index contributed by atoms with van der Waals surface area (Å²) in [6.45, 7) is 14.9. The third-order valence-electron chi connectivity index (χ3n) is 9.49. The fourth-order valence-corrected chi connectivity index (χ4v) is 9.71. The Morgan fingerprint density at radius 2 is 1.78 bits per heavy atom. The van der Waals surface area contributed by atoms with Gasteiger partial charge < -0.3 is 24.5 Å². The SMILES string of the molecule is C=CCN(Cc1ccccc1)C(=O)C1N([C@@H](CO)C(C)C)C(=O)[C@@H]2[C@H](C(=O)N(CC=C)c3ccc(OCC)cc3)[C@@H]3CCC12S3. The van der Waals surface area contributed by atoms with E-state index < -0.39 is 28.7 Å². The van der Waals surface area contributed by atoms with Crippen LogP contribution in [-0.2, 0) is 20.9 Å². The van der Waals surface area contributed by atoms with Crippen LogP contribution in [0.3, 0.4) is 0 Å². The molecule has 1 spiro atoms. The maximum atomic E-state index is 14.8. The lowest BCUT2D eigenvalue weighted by Gasteiger charge is -2.40. The maximum Gasteiger partial charge on any atom is 0.247 e. The standard InChI is InChI=1S/C36H45N3O5S/c1-6-20-37(22-25-12-10-9-11-13-25)35(43)32-36-19-18-29(45-36)30(31(36)34(42)39(32)28(23-40)24(4)5)33(41)38(21-7-2)26-14-16-27(17-15-26)44-8-3/h6-7,9-17,24,28-32,40H,1-2,8,18-23H2,3-5H3/t28-,29-,30+,31-,32?,36?/m0/s1. The molecule has 8 nitrogen and oxygen atoms in total. The van der Waals surface area contributed by atoms with Gasteiger partial charge in [0.25, 0.3) is 0 Å². The van der Waals surface area contributed by atoms with E-state index in [1.165, 1.54) is 0 Å². The van der Waals surface area contributed by atoms with Gasteiger partial charge in [-0.05, 0) is 55.5 Å². The predicted octanol–water partition coefficient (Wildman–Crippen LogP) is 4.93. The number of hydrogen-bond donors (Lipinski definition) is 1. The number of carbonyl (C=O) groups excluding carboxylic acids is 3. The van der Waals surface area contributed by atoms with Crippen molar-refractivity contribution in [3.8, 4) is 5.75 Å². The Morgan fingerprint density at radius 1 is 1.09 bits per heavy atom. The van der Waals surface area contributed by atoms with Gasteiger partial charge in [0.1, 0.15) is 11.8 Å². The number of amides is 3. The lowest BCUT2D eigenvalue weighted by Crippen LogP contribution is -2.58. The van der Waals surface area contributed by atoms with E-state index >= 15 is 0 Å². The molecule has 2 unspecified atom stereocenters. The zero-order valence-corrected chi connectivity index (χ0v) is 27.3. The first-order valence-electron chi connectivity index (χ1n) is 15.9. The van der Waals surface area contributed by atoms with Gasteiger partial charge in [-0.25, -0.2) is 0 Å². The van der Waals surface area contributed by atoms with E-state index in [1.807, 2.05) is 75.4 Å². The van der Waals surface area contributed by atoms with Crippen LogP contribution in [0, 0.1) is 17.8 Å². The van der Waals surface area contributed by atoms with Crippen LogP contribution in [0.25, 0.3) is 0 Å². The third kappa shape index (κ3) is 5.92. The molecule has 45 heavy (non-hydrogen) atoms. The van der Waals surface area contributed by atoms with Crippen molar-refractivity contribution in [2.45, 2.75) is 62.2 Å². The lowest BCUT2D eigenvalue weighted by atomic mass is 9.70. The smallest absolute Gasteiger partial charge is 0.247 e. The number of ether oxygens (including phenoxy) is 1. The number of nitrogens with zero attached hydrogens (tertiary/aromatic N) is 3. The molecule has 3 fully saturated rings. The third-order valence-corrected chi connectivity index (χ3v) is 11.4. The molecule has 2 bridgehead atoms. The summed E-state index contributed by atoms with van der Waals surface area (Å²) in [5.41, 5.74) is 1.68. The van der Waals surface area contributed by atoms with E-state index in [0.717, 1.165) is 12.0 Å². The van der Waals surface area contributed by atoms with Crippen molar-refractivity contribution < 1.29 is 24.2 Å². The van der Waals surface area contributed by atoms with Crippen LogP contribution in [0.5, 0.6) is 5.75 Å². The quantitative estimate of drug-likeness (QED) is 0.298. The fourth-order valence-electron chi connectivity index (χ4n) is 7.52. The second-order valence-electron chi connectivity index (χ2n) is 12.5. The van der Waals surface area contributed by atoms with Crippen LogP contribution in [0.1, 0.15) is 39.2 Å². The molecule has 2 aromatic carbocycles. The number of rotatable bonds is 14. The molecule has 3 heterocycles. The minimum absolute atomic E-state index is 0.0903. The molecule has 5 rings (SSSR count). The first-order valence-corrected chi connectivity index (χ1v) is 16.8. The van der Waals surface area contributed by atoms with Gasteiger partial charge in [0.15, 0.2) is 0 Å². The predicted molar refractivity (Wildman–Crippen MR) is 179 cm³/mol. The Bertz CT molecular complexity index is 1400. The van der Waals surface area contributed by atoms with Crippen molar-refractivity contribution in [1.82, 2.24) is 9.80 Å². The summed E-state index contributed by atoms with van der Waals surface area (Å²) < 4.78 is 4.84. The molecule has 0 saturated carbocycles. The van der Waals surface area contributed by atoms with Crippen LogP contribution < -0.4 is 9.64 Å². The van der Waals surface area contributed by atoms with Crippen LogP contribution in [-0.4, -0.2) is 81.0 Å². The summed E-state index contributed by atoms with van der Waals surface area (Å²) in [7, 11) is 0. The van der Waals surface area contributed by atoms with Gasteiger partial charge in [-0.15, -0.1) is 24.9 Å². The molecule has 3 aliphatic heterocycles. The van der Waals surface area contributed by atoms with Crippen molar-refractivity contribution in [3.05, 3.63) is 85.5 Å². The van der Waals surface area contributed by atoms with Gasteiger partial charge in [-0.2, -0.15) is 0 Å². The topological polar surface area (TPSA) is 90.4 Å². The number of thioether (sulfide) groups is 1. The second kappa shape index (κ2) is 13.8. The molecule has 9 heteroatoms. The summed E-state index contributed by atoms with van der Waals surface area (Å²) in [5, 5.41) is 10.5. The monoisotopic (exact) mass is 631 g/mol. The number of aliphatic hydroxyl groups excluding tert-OH is 1. The highest BCUT2D eigenvalue weighted by molar-refractivity contribution is 8.02. The lowest BCUT2D eigenvalue weighted by molar-refractivity contribution is -0.147. The van der Waals surface area contributed by atoms with E-state index in [1.54, 1.807) is 38.6 Å². The minimum atomic E-state index is -0.802. The zero-order chi connectivity index (χ0) is 32.3. The molecular formula is C36H45N3O5S. The number of anilines is 1. The largest absolute Gasteiger partial charge is 0.494 e. The summed E-state index contributed by atoms with van der Waals surface area (Å²) in [5.74, 6) is -1.16. The Morgan fingerprint density at radius 3 is 2.38 bits per heavy atom. The normalized spacial score (nSPS) is 25.6. The maximum absolute atomic E-state index is 14.8. The Hall–Kier alpha value is -3.56. The first-order chi connectivity index (χ1) is 21.7. The average Bonchev–Trinajstić information content (AvgIpc) is 3.68. The molecule has 2 aromatic rings. The minimum Gasteiger partial charge on any atom is -0.494 e. The number of benzene rings is 2. The number of aliphatic hydroxyl groups is 1. The number of likely N-dealkylation sites (tertiary alicyclic amines) is 1. The fraction of sp³-hybridized carbons (Fsp3) is 0.472. The first kappa shape index (κ1) is 32.8. The zero-order valence-electron chi connectivity index (χ0n) is 26.5. The molecule has 3 amide bonds. The van der Waals surface area contributed by atoms with E-state index in [-0.39, 0.29) is 42.0 Å². The highest BCUT2D eigenvalue weighted by atomic mass is 32.2. The number of carbonyl (C=O) groups is 3. The van der Waals surface area contributed by atoms with Crippen molar-refractivity contribution in [3.63, 3.8) is 0 Å². The van der Waals surface area contributed by atoms with Gasteiger partial charge in [-0.3, -0.25) is 14.4 Å². The average molecular weight is 632 g/mol. The number of hydrogen-bond acceptors (Lipinski definition) is 6. The highest BCUT2D eigenvalue weighted by Crippen LogP contribution is 2.67. The highest BCUT2D eigenvalue weighted by Gasteiger charge is 2.74. The Balaban J connectivity index is 1.54. The van der Waals surface area contributed by atoms with Crippen LogP contribution >= 0.6 is 11.8 Å². The van der Waals surface area contributed by atoms with Gasteiger partial charge in [-0.1, -0.05) is 56.3 Å². The number of fused-ring (bicyclic) bond motifs is 1. The molecule has 0 aliphatic carbocycles. The molecule has 3 aliphatic rings. The second-order valence-corrected chi connectivity index (χ2v) is 14.1.